The summed E-state index contributed by atoms with van der Waals surface area (Å²) in [6.07, 6.45) is 0.591. The van der Waals surface area contributed by atoms with Crippen LogP contribution in [0, 0.1) is 0 Å². The molecule has 0 aromatic rings. The van der Waals surface area contributed by atoms with Crippen LogP contribution in [0.1, 0.15) is 20.3 Å². The molecule has 2 fully saturated rings. The SMILES string of the molecule is CC1(C)C[C@H](N2CC(F)C2)CN1. The Kier molecular flexibility index (Phi) is 1.88. The van der Waals surface area contributed by atoms with E-state index in [1.807, 2.05) is 0 Å². The maximum Gasteiger partial charge on any atom is 0.125 e. The molecule has 0 aliphatic carbocycles. The Morgan fingerprint density at radius 3 is 2.50 bits per heavy atom. The molecular weight excluding hydrogens is 155 g/mol. The van der Waals surface area contributed by atoms with Gasteiger partial charge in [-0.25, -0.2) is 4.39 Å². The van der Waals surface area contributed by atoms with E-state index in [4.69, 9.17) is 0 Å². The summed E-state index contributed by atoms with van der Waals surface area (Å²) in [6.45, 7) is 6.75. The van der Waals surface area contributed by atoms with Gasteiger partial charge in [0.15, 0.2) is 0 Å². The fourth-order valence-corrected chi connectivity index (χ4v) is 2.14. The summed E-state index contributed by atoms with van der Waals surface area (Å²) in [6, 6.07) is 0.576. The monoisotopic (exact) mass is 172 g/mol. The molecule has 0 radical (unpaired) electrons. The number of nitrogens with one attached hydrogen (secondary N) is 1. The van der Waals surface area contributed by atoms with Gasteiger partial charge in [-0.1, -0.05) is 0 Å². The van der Waals surface area contributed by atoms with Crippen molar-refractivity contribution in [3.63, 3.8) is 0 Å². The summed E-state index contributed by atoms with van der Waals surface area (Å²) < 4.78 is 12.6. The van der Waals surface area contributed by atoms with Gasteiger partial charge in [-0.15, -0.1) is 0 Å². The van der Waals surface area contributed by atoms with Crippen molar-refractivity contribution in [2.45, 2.75) is 38.0 Å². The third-order valence-electron chi connectivity index (χ3n) is 2.94. The van der Waals surface area contributed by atoms with Crippen molar-refractivity contribution in [2.75, 3.05) is 19.6 Å². The van der Waals surface area contributed by atoms with Crippen LogP contribution >= 0.6 is 0 Å². The Bertz CT molecular complexity index is 175. The molecule has 2 saturated heterocycles. The van der Waals surface area contributed by atoms with E-state index < -0.39 is 6.17 Å². The highest BCUT2D eigenvalue weighted by atomic mass is 19.1. The van der Waals surface area contributed by atoms with Gasteiger partial charge in [0.2, 0.25) is 0 Å². The molecule has 0 saturated carbocycles. The van der Waals surface area contributed by atoms with Crippen LogP contribution in [0.5, 0.6) is 0 Å². The first kappa shape index (κ1) is 8.45. The Labute approximate surface area is 73.1 Å². The summed E-state index contributed by atoms with van der Waals surface area (Å²) in [5, 5.41) is 3.45. The Hall–Kier alpha value is -0.150. The normalized spacial score (nSPS) is 36.8. The van der Waals surface area contributed by atoms with Gasteiger partial charge >= 0.3 is 0 Å². The highest BCUT2D eigenvalue weighted by Gasteiger charge is 2.39. The minimum absolute atomic E-state index is 0.256. The molecule has 2 nitrogen and oxygen atoms in total. The van der Waals surface area contributed by atoms with Crippen molar-refractivity contribution < 1.29 is 4.39 Å². The van der Waals surface area contributed by atoms with Crippen LogP contribution in [-0.4, -0.2) is 42.3 Å². The molecule has 0 unspecified atom stereocenters. The smallest absolute Gasteiger partial charge is 0.125 e. The molecule has 70 valence electrons. The Balaban J connectivity index is 1.84. The second-order valence-electron chi connectivity index (χ2n) is 4.67. The van der Waals surface area contributed by atoms with Crippen molar-refractivity contribution in [1.82, 2.24) is 10.2 Å². The topological polar surface area (TPSA) is 15.3 Å². The van der Waals surface area contributed by atoms with Gasteiger partial charge in [0.05, 0.1) is 0 Å². The summed E-state index contributed by atoms with van der Waals surface area (Å²) >= 11 is 0. The van der Waals surface area contributed by atoms with Crippen LogP contribution in [0.15, 0.2) is 0 Å². The lowest BCUT2D eigenvalue weighted by atomic mass is 9.98. The average molecular weight is 172 g/mol. The lowest BCUT2D eigenvalue weighted by Gasteiger charge is -2.39. The molecular formula is C9H17FN2. The number of likely N-dealkylation sites (tertiary alicyclic amines) is 1. The molecule has 0 spiro atoms. The van der Waals surface area contributed by atoms with Crippen LogP contribution in [0.3, 0.4) is 0 Å². The fraction of sp³-hybridized carbons (Fsp3) is 1.00. The maximum atomic E-state index is 12.6. The van der Waals surface area contributed by atoms with Crippen LogP contribution in [0.2, 0.25) is 0 Å². The maximum absolute atomic E-state index is 12.6. The zero-order chi connectivity index (χ0) is 8.77. The lowest BCUT2D eigenvalue weighted by molar-refractivity contribution is 0.0322. The molecule has 0 aromatic carbocycles. The third kappa shape index (κ3) is 1.48. The van der Waals surface area contributed by atoms with Crippen LogP contribution in [0.4, 0.5) is 4.39 Å². The molecule has 0 bridgehead atoms. The van der Waals surface area contributed by atoms with E-state index in [0.717, 1.165) is 13.0 Å². The zero-order valence-corrected chi connectivity index (χ0v) is 7.81. The van der Waals surface area contributed by atoms with Gasteiger partial charge in [0.25, 0.3) is 0 Å². The highest BCUT2D eigenvalue weighted by molar-refractivity contribution is 4.97. The van der Waals surface area contributed by atoms with E-state index in [2.05, 4.69) is 24.1 Å². The van der Waals surface area contributed by atoms with Gasteiger partial charge in [-0.05, 0) is 20.3 Å². The van der Waals surface area contributed by atoms with E-state index >= 15 is 0 Å². The Morgan fingerprint density at radius 2 is 2.08 bits per heavy atom. The van der Waals surface area contributed by atoms with Gasteiger partial charge < -0.3 is 5.32 Å². The second kappa shape index (κ2) is 2.67. The first-order valence-corrected chi connectivity index (χ1v) is 4.70. The molecule has 12 heavy (non-hydrogen) atoms. The predicted octanol–water partition coefficient (Wildman–Crippen LogP) is 0.781. The molecule has 2 rings (SSSR count). The van der Waals surface area contributed by atoms with E-state index in [9.17, 15) is 4.39 Å². The van der Waals surface area contributed by atoms with Crippen LogP contribution in [0.25, 0.3) is 0 Å². The molecule has 0 aromatic heterocycles. The number of rotatable bonds is 1. The number of nitrogens with zero attached hydrogens (tertiary/aromatic N) is 1. The predicted molar refractivity (Wildman–Crippen MR) is 47.0 cm³/mol. The molecule has 2 aliphatic heterocycles. The van der Waals surface area contributed by atoms with Gasteiger partial charge in [0, 0.05) is 31.2 Å². The largest absolute Gasteiger partial charge is 0.310 e. The van der Waals surface area contributed by atoms with E-state index in [1.54, 1.807) is 0 Å². The number of hydrogen-bond acceptors (Lipinski definition) is 2. The standard InChI is InChI=1S/C9H17FN2/c1-9(2)3-8(4-11-9)12-5-7(10)6-12/h7-8,11H,3-6H2,1-2H3/t8-/m0/s1. The van der Waals surface area contributed by atoms with Crippen molar-refractivity contribution in [2.24, 2.45) is 0 Å². The molecule has 2 heterocycles. The number of alkyl halides is 1. The minimum Gasteiger partial charge on any atom is -0.310 e. The van der Waals surface area contributed by atoms with Crippen LogP contribution < -0.4 is 5.32 Å². The molecule has 1 atom stereocenters. The van der Waals surface area contributed by atoms with Crippen molar-refractivity contribution >= 4 is 0 Å². The third-order valence-corrected chi connectivity index (χ3v) is 2.94. The summed E-state index contributed by atoms with van der Waals surface area (Å²) in [4.78, 5) is 2.24. The molecule has 3 heteroatoms. The lowest BCUT2D eigenvalue weighted by Crippen LogP contribution is -2.54. The molecule has 2 aliphatic rings. The molecule has 0 amide bonds. The van der Waals surface area contributed by atoms with E-state index in [1.165, 1.54) is 0 Å². The number of hydrogen-bond donors (Lipinski definition) is 1. The first-order chi connectivity index (χ1) is 5.57. The average Bonchev–Trinajstić information content (AvgIpc) is 2.23. The van der Waals surface area contributed by atoms with E-state index in [0.29, 0.717) is 19.1 Å². The van der Waals surface area contributed by atoms with Crippen LogP contribution in [-0.2, 0) is 0 Å². The van der Waals surface area contributed by atoms with Gasteiger partial charge in [-0.3, -0.25) is 4.90 Å². The summed E-state index contributed by atoms with van der Waals surface area (Å²) in [5.74, 6) is 0. The van der Waals surface area contributed by atoms with E-state index in [-0.39, 0.29) is 5.54 Å². The summed E-state index contributed by atoms with van der Waals surface area (Å²) in [5.41, 5.74) is 0.256. The van der Waals surface area contributed by atoms with Gasteiger partial charge in [-0.2, -0.15) is 0 Å². The highest BCUT2D eigenvalue weighted by Crippen LogP contribution is 2.26. The van der Waals surface area contributed by atoms with Gasteiger partial charge in [0.1, 0.15) is 6.17 Å². The Morgan fingerprint density at radius 1 is 1.42 bits per heavy atom. The quantitative estimate of drug-likeness (QED) is 0.629. The summed E-state index contributed by atoms with van der Waals surface area (Å²) in [7, 11) is 0. The first-order valence-electron chi connectivity index (χ1n) is 4.70. The van der Waals surface area contributed by atoms with Crippen molar-refractivity contribution in [3.8, 4) is 0 Å². The zero-order valence-electron chi connectivity index (χ0n) is 7.81. The van der Waals surface area contributed by atoms with Crippen molar-refractivity contribution in [3.05, 3.63) is 0 Å². The van der Waals surface area contributed by atoms with Crippen molar-refractivity contribution in [1.29, 1.82) is 0 Å². The molecule has 1 N–H and O–H groups in total. The number of halogens is 1. The fourth-order valence-electron chi connectivity index (χ4n) is 2.14. The second-order valence-corrected chi connectivity index (χ2v) is 4.67. The minimum atomic E-state index is -0.561.